The summed E-state index contributed by atoms with van der Waals surface area (Å²) in [4.78, 5) is 14.5. The predicted octanol–water partition coefficient (Wildman–Crippen LogP) is 1.42. The number of amides is 1. The van der Waals surface area contributed by atoms with Crippen LogP contribution in [0.4, 0.5) is 5.69 Å². The lowest BCUT2D eigenvalue weighted by Gasteiger charge is -2.29. The largest absolute Gasteiger partial charge is 0.379 e. The predicted molar refractivity (Wildman–Crippen MR) is 86.9 cm³/mol. The zero-order valence-corrected chi connectivity index (χ0v) is 13.2. The average Bonchev–Trinajstić information content (AvgIpc) is 3.11. The lowest BCUT2D eigenvalue weighted by molar-refractivity contribution is -0.137. The number of rotatable bonds is 4. The molecule has 2 atom stereocenters. The van der Waals surface area contributed by atoms with Gasteiger partial charge >= 0.3 is 0 Å². The van der Waals surface area contributed by atoms with Crippen molar-refractivity contribution in [1.29, 1.82) is 0 Å². The van der Waals surface area contributed by atoms with Crippen molar-refractivity contribution in [3.63, 3.8) is 0 Å². The van der Waals surface area contributed by atoms with E-state index in [0.29, 0.717) is 18.7 Å². The lowest BCUT2D eigenvalue weighted by Crippen LogP contribution is -2.50. The molecular formula is C16H22N2O2S. The molecule has 0 radical (unpaired) electrons. The van der Waals surface area contributed by atoms with Crippen LogP contribution in [0.15, 0.2) is 24.3 Å². The molecule has 2 unspecified atom stereocenters. The zero-order valence-electron chi connectivity index (χ0n) is 12.3. The molecule has 1 fully saturated rings. The van der Waals surface area contributed by atoms with Gasteiger partial charge in [0.05, 0.1) is 0 Å². The molecule has 5 heteroatoms. The minimum atomic E-state index is -1.16. The van der Waals surface area contributed by atoms with Crippen LogP contribution in [-0.4, -0.2) is 47.3 Å². The number of nitrogens with zero attached hydrogens (tertiary/aromatic N) is 1. The fraction of sp³-hybridized carbons (Fsp3) is 0.562. The minimum absolute atomic E-state index is 0.216. The highest BCUT2D eigenvalue weighted by molar-refractivity contribution is 7.99. The topological polar surface area (TPSA) is 52.6 Å². The molecule has 1 amide bonds. The fourth-order valence-electron chi connectivity index (χ4n) is 3.07. The summed E-state index contributed by atoms with van der Waals surface area (Å²) in [6, 6.07) is 8.67. The van der Waals surface area contributed by atoms with E-state index in [4.69, 9.17) is 0 Å². The number of carbonyl (C=O) groups excluding carboxylic acids is 1. The Morgan fingerprint density at radius 3 is 3.10 bits per heavy atom. The Hall–Kier alpha value is -1.20. The SMILES string of the molecule is CC(CNC(=O)C1(O)CCSC1)N1CCc2ccccc21. The number of nitrogens with one attached hydrogen (secondary N) is 1. The Morgan fingerprint density at radius 2 is 2.33 bits per heavy atom. The molecule has 0 saturated carbocycles. The number of hydrogen-bond donors (Lipinski definition) is 2. The summed E-state index contributed by atoms with van der Waals surface area (Å²) in [5.74, 6) is 1.16. The van der Waals surface area contributed by atoms with Crippen LogP contribution in [0.2, 0.25) is 0 Å². The van der Waals surface area contributed by atoms with Gasteiger partial charge in [-0.25, -0.2) is 0 Å². The number of para-hydroxylation sites is 1. The van der Waals surface area contributed by atoms with Crippen LogP contribution < -0.4 is 10.2 Å². The van der Waals surface area contributed by atoms with Gasteiger partial charge in [0, 0.05) is 30.6 Å². The second kappa shape index (κ2) is 5.89. The zero-order chi connectivity index (χ0) is 14.9. The lowest BCUT2D eigenvalue weighted by atomic mass is 10.0. The van der Waals surface area contributed by atoms with E-state index in [2.05, 4.69) is 41.4 Å². The molecule has 1 aromatic carbocycles. The van der Waals surface area contributed by atoms with Gasteiger partial charge in [0.15, 0.2) is 5.60 Å². The van der Waals surface area contributed by atoms with Gasteiger partial charge in [-0.15, -0.1) is 0 Å². The van der Waals surface area contributed by atoms with Gasteiger partial charge < -0.3 is 15.3 Å². The van der Waals surface area contributed by atoms with E-state index < -0.39 is 5.60 Å². The van der Waals surface area contributed by atoms with Crippen LogP contribution in [0.25, 0.3) is 0 Å². The standard InChI is InChI=1S/C16H22N2O2S/c1-12(10-17-15(19)16(20)7-9-21-11-16)18-8-6-13-4-2-3-5-14(13)18/h2-5,12,20H,6-11H2,1H3,(H,17,19). The van der Waals surface area contributed by atoms with Crippen molar-refractivity contribution >= 4 is 23.4 Å². The maximum atomic E-state index is 12.1. The highest BCUT2D eigenvalue weighted by Crippen LogP contribution is 2.30. The van der Waals surface area contributed by atoms with Gasteiger partial charge in [0.25, 0.3) is 5.91 Å². The Morgan fingerprint density at radius 1 is 1.52 bits per heavy atom. The maximum Gasteiger partial charge on any atom is 0.252 e. The molecule has 2 N–H and O–H groups in total. The number of aliphatic hydroxyl groups is 1. The van der Waals surface area contributed by atoms with Crippen LogP contribution in [0.3, 0.4) is 0 Å². The average molecular weight is 306 g/mol. The molecule has 1 saturated heterocycles. The Balaban J connectivity index is 1.58. The van der Waals surface area contributed by atoms with Gasteiger partial charge in [-0.1, -0.05) is 18.2 Å². The number of carbonyl (C=O) groups is 1. The first-order chi connectivity index (χ1) is 10.1. The molecule has 0 aromatic heterocycles. The monoisotopic (exact) mass is 306 g/mol. The first kappa shape index (κ1) is 14.7. The minimum Gasteiger partial charge on any atom is -0.379 e. The summed E-state index contributed by atoms with van der Waals surface area (Å²) < 4.78 is 0. The molecule has 0 spiro atoms. The second-order valence-electron chi connectivity index (χ2n) is 5.97. The van der Waals surface area contributed by atoms with E-state index >= 15 is 0 Å². The number of thioether (sulfide) groups is 1. The highest BCUT2D eigenvalue weighted by Gasteiger charge is 2.39. The summed E-state index contributed by atoms with van der Waals surface area (Å²) in [7, 11) is 0. The van der Waals surface area contributed by atoms with E-state index in [0.717, 1.165) is 18.7 Å². The van der Waals surface area contributed by atoms with E-state index in [1.54, 1.807) is 11.8 Å². The molecule has 114 valence electrons. The van der Waals surface area contributed by atoms with Gasteiger partial charge in [-0.2, -0.15) is 11.8 Å². The Bertz CT molecular complexity index is 529. The van der Waals surface area contributed by atoms with Gasteiger partial charge in [-0.05, 0) is 37.1 Å². The second-order valence-corrected chi connectivity index (χ2v) is 7.07. The van der Waals surface area contributed by atoms with Gasteiger partial charge in [0.2, 0.25) is 0 Å². The molecule has 4 nitrogen and oxygen atoms in total. The third-order valence-corrected chi connectivity index (χ3v) is 5.61. The van der Waals surface area contributed by atoms with Crippen molar-refractivity contribution in [2.45, 2.75) is 31.4 Å². The number of benzene rings is 1. The summed E-state index contributed by atoms with van der Waals surface area (Å²) in [6.07, 6.45) is 1.62. The molecule has 2 aliphatic rings. The van der Waals surface area contributed by atoms with E-state index in [-0.39, 0.29) is 11.9 Å². The molecule has 1 aromatic rings. The van der Waals surface area contributed by atoms with Crippen molar-refractivity contribution in [2.24, 2.45) is 0 Å². The first-order valence-electron chi connectivity index (χ1n) is 7.53. The molecule has 0 aliphatic carbocycles. The van der Waals surface area contributed by atoms with Gasteiger partial charge in [-0.3, -0.25) is 4.79 Å². The number of fused-ring (bicyclic) bond motifs is 1. The van der Waals surface area contributed by atoms with Crippen molar-refractivity contribution in [2.75, 3.05) is 29.5 Å². The number of hydrogen-bond acceptors (Lipinski definition) is 4. The highest BCUT2D eigenvalue weighted by atomic mass is 32.2. The molecule has 21 heavy (non-hydrogen) atoms. The van der Waals surface area contributed by atoms with Gasteiger partial charge in [0.1, 0.15) is 0 Å². The van der Waals surface area contributed by atoms with E-state index in [1.165, 1.54) is 11.3 Å². The van der Waals surface area contributed by atoms with E-state index in [1.807, 2.05) is 0 Å². The van der Waals surface area contributed by atoms with Crippen molar-refractivity contribution < 1.29 is 9.90 Å². The third kappa shape index (κ3) is 2.90. The summed E-state index contributed by atoms with van der Waals surface area (Å²) >= 11 is 1.64. The smallest absolute Gasteiger partial charge is 0.252 e. The summed E-state index contributed by atoms with van der Waals surface area (Å²) in [5.41, 5.74) is 1.49. The van der Waals surface area contributed by atoms with Crippen LogP contribution in [0, 0.1) is 0 Å². The molecule has 0 bridgehead atoms. The molecular weight excluding hydrogens is 284 g/mol. The van der Waals surface area contributed by atoms with Crippen molar-refractivity contribution in [3.8, 4) is 0 Å². The quantitative estimate of drug-likeness (QED) is 0.883. The first-order valence-corrected chi connectivity index (χ1v) is 8.68. The fourth-order valence-corrected chi connectivity index (χ4v) is 4.31. The van der Waals surface area contributed by atoms with Crippen molar-refractivity contribution in [1.82, 2.24) is 5.32 Å². The molecule has 3 rings (SSSR count). The third-order valence-electron chi connectivity index (χ3n) is 4.44. The Labute approximate surface area is 129 Å². The molecule has 2 aliphatic heterocycles. The number of anilines is 1. The normalized spacial score (nSPS) is 25.7. The molecule has 2 heterocycles. The van der Waals surface area contributed by atoms with Crippen molar-refractivity contribution in [3.05, 3.63) is 29.8 Å². The maximum absolute atomic E-state index is 12.1. The van der Waals surface area contributed by atoms with Crippen LogP contribution in [-0.2, 0) is 11.2 Å². The Kier molecular flexibility index (Phi) is 4.13. The summed E-state index contributed by atoms with van der Waals surface area (Å²) in [6.45, 7) is 3.69. The van der Waals surface area contributed by atoms with Crippen LogP contribution in [0.5, 0.6) is 0 Å². The van der Waals surface area contributed by atoms with E-state index in [9.17, 15) is 9.90 Å². The summed E-state index contributed by atoms with van der Waals surface area (Å²) in [5, 5.41) is 13.2. The van der Waals surface area contributed by atoms with Crippen LogP contribution in [0.1, 0.15) is 18.9 Å². The van der Waals surface area contributed by atoms with Crippen LogP contribution >= 0.6 is 11.8 Å².